The highest BCUT2D eigenvalue weighted by atomic mass is 19.1. The molecule has 0 bridgehead atoms. The van der Waals surface area contributed by atoms with Crippen molar-refractivity contribution >= 4 is 17.9 Å². The third-order valence-electron chi connectivity index (χ3n) is 2.26. The van der Waals surface area contributed by atoms with E-state index in [2.05, 4.69) is 10.6 Å². The van der Waals surface area contributed by atoms with Crippen molar-refractivity contribution in [1.29, 1.82) is 0 Å². The van der Waals surface area contributed by atoms with Gasteiger partial charge in [-0.2, -0.15) is 0 Å². The van der Waals surface area contributed by atoms with Gasteiger partial charge in [0.15, 0.2) is 0 Å². The molecule has 0 radical (unpaired) electrons. The Hall–Kier alpha value is -2.17. The molecule has 0 aromatic heterocycles. The quantitative estimate of drug-likeness (QED) is 0.826. The lowest BCUT2D eigenvalue weighted by atomic mass is 10.1. The largest absolute Gasteiger partial charge is 0.350 e. The van der Waals surface area contributed by atoms with Crippen molar-refractivity contribution in [2.75, 3.05) is 6.54 Å². The fraction of sp³-hybridized carbons (Fsp3) is 0.333. The number of hydrogen-bond acceptors (Lipinski definition) is 2. The molecule has 0 aliphatic heterocycles. The number of carbonyl (C=O) groups excluding carboxylic acids is 2. The van der Waals surface area contributed by atoms with Gasteiger partial charge < -0.3 is 10.6 Å². The van der Waals surface area contributed by atoms with Crippen LogP contribution in [0.3, 0.4) is 0 Å². The molecule has 0 atom stereocenters. The van der Waals surface area contributed by atoms with Crippen LogP contribution < -0.4 is 10.6 Å². The van der Waals surface area contributed by atoms with Crippen LogP contribution in [0.5, 0.6) is 0 Å². The molecular weight excluding hydrogens is 259 g/mol. The van der Waals surface area contributed by atoms with Crippen LogP contribution >= 0.6 is 0 Å². The van der Waals surface area contributed by atoms with Gasteiger partial charge in [-0.25, -0.2) is 4.39 Å². The number of nitrogens with one attached hydrogen (secondary N) is 2. The van der Waals surface area contributed by atoms with Gasteiger partial charge in [-0.15, -0.1) is 0 Å². The van der Waals surface area contributed by atoms with Crippen molar-refractivity contribution in [3.8, 4) is 0 Å². The van der Waals surface area contributed by atoms with Crippen molar-refractivity contribution in [2.45, 2.75) is 26.3 Å². The Morgan fingerprint density at radius 2 is 1.90 bits per heavy atom. The maximum absolute atomic E-state index is 13.3. The summed E-state index contributed by atoms with van der Waals surface area (Å²) in [6.45, 7) is 5.44. The van der Waals surface area contributed by atoms with E-state index in [1.807, 2.05) is 20.8 Å². The third-order valence-corrected chi connectivity index (χ3v) is 2.26. The average Bonchev–Trinajstić information content (AvgIpc) is 2.33. The predicted octanol–water partition coefficient (Wildman–Crippen LogP) is 1.87. The maximum Gasteiger partial charge on any atom is 0.244 e. The molecule has 5 heteroatoms. The summed E-state index contributed by atoms with van der Waals surface area (Å²) in [4.78, 5) is 23.0. The number of amides is 2. The smallest absolute Gasteiger partial charge is 0.244 e. The molecule has 0 aliphatic rings. The number of benzene rings is 1. The van der Waals surface area contributed by atoms with Crippen LogP contribution in [0.4, 0.5) is 4.39 Å². The summed E-state index contributed by atoms with van der Waals surface area (Å²) in [5, 5.41) is 5.15. The second-order valence-electron chi connectivity index (χ2n) is 5.37. The second kappa shape index (κ2) is 6.84. The molecule has 0 saturated carbocycles. The molecule has 108 valence electrons. The molecule has 2 N–H and O–H groups in total. The Morgan fingerprint density at radius 3 is 2.50 bits per heavy atom. The van der Waals surface area contributed by atoms with Crippen LogP contribution in [-0.2, 0) is 9.59 Å². The molecule has 1 rings (SSSR count). The summed E-state index contributed by atoms with van der Waals surface area (Å²) < 4.78 is 13.3. The summed E-state index contributed by atoms with van der Waals surface area (Å²) in [5.74, 6) is -1.12. The van der Waals surface area contributed by atoms with Crippen LogP contribution in [0.25, 0.3) is 6.08 Å². The van der Waals surface area contributed by atoms with E-state index in [1.165, 1.54) is 18.2 Å². The molecule has 1 aromatic rings. The van der Waals surface area contributed by atoms with E-state index in [-0.39, 0.29) is 18.0 Å². The van der Waals surface area contributed by atoms with Gasteiger partial charge in [0.05, 0.1) is 6.54 Å². The first kappa shape index (κ1) is 15.9. The van der Waals surface area contributed by atoms with Crippen molar-refractivity contribution in [3.05, 3.63) is 41.7 Å². The normalized spacial score (nSPS) is 11.4. The molecular formula is C15H19FN2O2. The highest BCUT2D eigenvalue weighted by molar-refractivity contribution is 5.94. The van der Waals surface area contributed by atoms with E-state index in [0.29, 0.717) is 5.56 Å². The minimum atomic E-state index is -0.447. The fourth-order valence-corrected chi connectivity index (χ4v) is 1.46. The summed E-state index contributed by atoms with van der Waals surface area (Å²) in [7, 11) is 0. The van der Waals surface area contributed by atoms with Crippen molar-refractivity contribution < 1.29 is 14.0 Å². The molecule has 0 heterocycles. The first-order valence-electron chi connectivity index (χ1n) is 6.29. The van der Waals surface area contributed by atoms with E-state index in [4.69, 9.17) is 0 Å². The van der Waals surface area contributed by atoms with Crippen molar-refractivity contribution in [1.82, 2.24) is 10.6 Å². The van der Waals surface area contributed by atoms with Gasteiger partial charge in [0.25, 0.3) is 0 Å². The lowest BCUT2D eigenvalue weighted by Crippen LogP contribution is -2.45. The van der Waals surface area contributed by atoms with Gasteiger partial charge in [-0.3, -0.25) is 9.59 Å². The zero-order valence-electron chi connectivity index (χ0n) is 11.9. The first-order chi connectivity index (χ1) is 9.28. The number of carbonyl (C=O) groups is 2. The number of halogens is 1. The summed E-state index contributed by atoms with van der Waals surface area (Å²) >= 11 is 0. The summed E-state index contributed by atoms with van der Waals surface area (Å²) in [5.41, 5.74) is -0.0213. The Bertz CT molecular complexity index is 519. The Balaban J connectivity index is 2.45. The zero-order chi connectivity index (χ0) is 15.2. The fourth-order valence-electron chi connectivity index (χ4n) is 1.46. The van der Waals surface area contributed by atoms with Crippen LogP contribution in [0.1, 0.15) is 26.3 Å². The summed E-state index contributed by atoms with van der Waals surface area (Å²) in [6.07, 6.45) is 2.56. The average molecular weight is 278 g/mol. The topological polar surface area (TPSA) is 58.2 Å². The molecule has 20 heavy (non-hydrogen) atoms. The number of rotatable bonds is 4. The first-order valence-corrected chi connectivity index (χ1v) is 6.29. The minimum absolute atomic E-state index is 0.113. The molecule has 2 amide bonds. The predicted molar refractivity (Wildman–Crippen MR) is 76.3 cm³/mol. The van der Waals surface area contributed by atoms with E-state index in [0.717, 1.165) is 0 Å². The van der Waals surface area contributed by atoms with Crippen molar-refractivity contribution in [3.63, 3.8) is 0 Å². The van der Waals surface area contributed by atoms with Gasteiger partial charge >= 0.3 is 0 Å². The van der Waals surface area contributed by atoms with E-state index < -0.39 is 11.7 Å². The lowest BCUT2D eigenvalue weighted by molar-refractivity contribution is -0.124. The molecule has 0 unspecified atom stereocenters. The molecule has 0 aliphatic carbocycles. The van der Waals surface area contributed by atoms with Crippen LogP contribution in [0.15, 0.2) is 30.3 Å². The van der Waals surface area contributed by atoms with Crippen LogP contribution in [-0.4, -0.2) is 23.9 Å². The van der Waals surface area contributed by atoms with Crippen LogP contribution in [0, 0.1) is 5.82 Å². The molecule has 0 fully saturated rings. The van der Waals surface area contributed by atoms with Gasteiger partial charge in [-0.1, -0.05) is 18.2 Å². The molecule has 0 saturated heterocycles. The maximum atomic E-state index is 13.3. The van der Waals surface area contributed by atoms with E-state index in [1.54, 1.807) is 18.2 Å². The van der Waals surface area contributed by atoms with Gasteiger partial charge in [0.1, 0.15) is 5.82 Å². The molecule has 1 aromatic carbocycles. The highest BCUT2D eigenvalue weighted by Gasteiger charge is 2.13. The number of hydrogen-bond donors (Lipinski definition) is 2. The molecule has 0 spiro atoms. The lowest BCUT2D eigenvalue weighted by Gasteiger charge is -2.20. The highest BCUT2D eigenvalue weighted by Crippen LogP contribution is 2.07. The monoisotopic (exact) mass is 278 g/mol. The SMILES string of the molecule is CC(C)(C)NC(=O)CNC(=O)C=Cc1ccccc1F. The summed E-state index contributed by atoms with van der Waals surface area (Å²) in [6, 6.07) is 6.13. The standard InChI is InChI=1S/C15H19FN2O2/c1-15(2,3)18-14(20)10-17-13(19)9-8-11-6-4-5-7-12(11)16/h4-9H,10H2,1-3H3,(H,17,19)(H,18,20). The third kappa shape index (κ3) is 6.13. The van der Waals surface area contributed by atoms with E-state index in [9.17, 15) is 14.0 Å². The minimum Gasteiger partial charge on any atom is -0.350 e. The van der Waals surface area contributed by atoms with Gasteiger partial charge in [0.2, 0.25) is 11.8 Å². The van der Waals surface area contributed by atoms with Crippen molar-refractivity contribution in [2.24, 2.45) is 0 Å². The second-order valence-corrected chi connectivity index (χ2v) is 5.37. The van der Waals surface area contributed by atoms with Crippen LogP contribution in [0.2, 0.25) is 0 Å². The van der Waals surface area contributed by atoms with Gasteiger partial charge in [-0.05, 0) is 32.9 Å². The Labute approximate surface area is 118 Å². The Morgan fingerprint density at radius 1 is 1.25 bits per heavy atom. The van der Waals surface area contributed by atoms with E-state index >= 15 is 0 Å². The zero-order valence-corrected chi connectivity index (χ0v) is 11.9. The molecule has 4 nitrogen and oxygen atoms in total. The Kier molecular flexibility index (Phi) is 5.43. The van der Waals surface area contributed by atoms with Gasteiger partial charge in [0, 0.05) is 17.2 Å².